The summed E-state index contributed by atoms with van der Waals surface area (Å²) in [6.07, 6.45) is 0.815. The van der Waals surface area contributed by atoms with E-state index in [2.05, 4.69) is 146 Å². The van der Waals surface area contributed by atoms with Crippen molar-refractivity contribution in [3.63, 3.8) is 0 Å². The van der Waals surface area contributed by atoms with Gasteiger partial charge in [-0.25, -0.2) is 0 Å². The Kier molecular flexibility index (Phi) is 5.24. The molecular weight excluding hydrogens is 520 g/mol. The molecule has 1 heterocycles. The molecule has 0 aliphatic rings. The van der Waals surface area contributed by atoms with Crippen LogP contribution >= 0.6 is 0 Å². The molecule has 0 saturated heterocycles. The zero-order valence-corrected chi connectivity index (χ0v) is 23.9. The van der Waals surface area contributed by atoms with Crippen LogP contribution in [0, 0.1) is 6.92 Å². The van der Waals surface area contributed by atoms with Gasteiger partial charge in [0.25, 0.3) is 0 Å². The number of fused-ring (bicyclic) bond motifs is 7. The van der Waals surface area contributed by atoms with E-state index in [9.17, 15) is 0 Å². The third kappa shape index (κ3) is 3.58. The van der Waals surface area contributed by atoms with Crippen LogP contribution in [-0.4, -0.2) is 0 Å². The Balaban J connectivity index is 1.35. The van der Waals surface area contributed by atoms with Gasteiger partial charge in [0.15, 0.2) is 0 Å². The van der Waals surface area contributed by atoms with E-state index in [1.54, 1.807) is 0 Å². The summed E-state index contributed by atoms with van der Waals surface area (Å²) >= 11 is 0. The van der Waals surface area contributed by atoms with Gasteiger partial charge in [-0.15, -0.1) is 0 Å². The van der Waals surface area contributed by atoms with E-state index < -0.39 is 0 Å². The summed E-state index contributed by atoms with van der Waals surface area (Å²) in [4.78, 5) is 0. The fourth-order valence-corrected chi connectivity index (χ4v) is 7.43. The van der Waals surface area contributed by atoms with E-state index in [1.807, 2.05) is 0 Å². The minimum atomic E-state index is 0.815. The number of hydrogen-bond donors (Lipinski definition) is 0. The summed E-state index contributed by atoms with van der Waals surface area (Å²) in [5.41, 5.74) is 8.42. The Morgan fingerprint density at radius 3 is 1.79 bits per heavy atom. The van der Waals surface area contributed by atoms with Crippen molar-refractivity contribution in [2.45, 2.75) is 13.3 Å². The van der Waals surface area contributed by atoms with Gasteiger partial charge in [0.1, 0.15) is 11.2 Å². The van der Waals surface area contributed by atoms with Gasteiger partial charge in [0, 0.05) is 10.8 Å². The topological polar surface area (TPSA) is 13.1 Å². The van der Waals surface area contributed by atoms with E-state index >= 15 is 0 Å². The summed E-state index contributed by atoms with van der Waals surface area (Å²) in [5, 5.41) is 12.7. The zero-order chi connectivity index (χ0) is 28.5. The van der Waals surface area contributed by atoms with E-state index in [0.29, 0.717) is 0 Å². The number of benzene rings is 8. The molecule has 9 rings (SSSR count). The SMILES string of the molecule is Cc1c2ccccc2cc2oc3cccc(Cc4c5ccccc5c(-c5cccc6ccccc56)c5ccccc45)c3c12. The van der Waals surface area contributed by atoms with Crippen LogP contribution in [0.2, 0.25) is 0 Å². The Labute approximate surface area is 249 Å². The Morgan fingerprint density at radius 2 is 1.05 bits per heavy atom. The Hall–Kier alpha value is -5.40. The fourth-order valence-electron chi connectivity index (χ4n) is 7.43. The van der Waals surface area contributed by atoms with E-state index in [1.165, 1.54) is 81.7 Å². The van der Waals surface area contributed by atoms with Crippen molar-refractivity contribution in [2.24, 2.45) is 0 Å². The second-order valence-electron chi connectivity index (χ2n) is 11.6. The lowest BCUT2D eigenvalue weighted by molar-refractivity contribution is 0.669. The molecule has 1 aromatic heterocycles. The highest BCUT2D eigenvalue weighted by Crippen LogP contribution is 2.44. The maximum atomic E-state index is 6.51. The Morgan fingerprint density at radius 1 is 0.465 bits per heavy atom. The number of aryl methyl sites for hydroxylation is 1. The molecule has 0 amide bonds. The molecule has 0 saturated carbocycles. The van der Waals surface area contributed by atoms with Crippen molar-refractivity contribution in [2.75, 3.05) is 0 Å². The lowest BCUT2D eigenvalue weighted by Gasteiger charge is -2.19. The molecule has 0 fully saturated rings. The van der Waals surface area contributed by atoms with Gasteiger partial charge in [0.2, 0.25) is 0 Å². The summed E-state index contributed by atoms with van der Waals surface area (Å²) in [6, 6.07) is 50.7. The minimum absolute atomic E-state index is 0.815. The highest BCUT2D eigenvalue weighted by molar-refractivity contribution is 6.19. The van der Waals surface area contributed by atoms with Crippen LogP contribution in [0.15, 0.2) is 144 Å². The molecule has 1 heteroatoms. The number of hydrogen-bond acceptors (Lipinski definition) is 1. The van der Waals surface area contributed by atoms with Gasteiger partial charge < -0.3 is 4.42 Å². The molecule has 8 aromatic carbocycles. The van der Waals surface area contributed by atoms with Crippen molar-refractivity contribution in [3.8, 4) is 11.1 Å². The Bertz CT molecular complexity index is 2480. The first-order valence-electron chi connectivity index (χ1n) is 15.0. The molecule has 43 heavy (non-hydrogen) atoms. The molecular formula is C42H28O. The number of rotatable bonds is 3. The van der Waals surface area contributed by atoms with Crippen molar-refractivity contribution >= 4 is 65.0 Å². The second kappa shape index (κ2) is 9.31. The van der Waals surface area contributed by atoms with Gasteiger partial charge in [-0.2, -0.15) is 0 Å². The molecule has 0 spiro atoms. The predicted molar refractivity (Wildman–Crippen MR) is 183 cm³/mol. The molecule has 0 unspecified atom stereocenters. The van der Waals surface area contributed by atoms with Gasteiger partial charge in [-0.1, -0.05) is 127 Å². The van der Waals surface area contributed by atoms with Crippen molar-refractivity contribution in [1.29, 1.82) is 0 Å². The quantitative estimate of drug-likeness (QED) is 0.200. The first-order valence-corrected chi connectivity index (χ1v) is 15.0. The van der Waals surface area contributed by atoms with Crippen LogP contribution in [-0.2, 0) is 6.42 Å². The van der Waals surface area contributed by atoms with Gasteiger partial charge in [-0.3, -0.25) is 0 Å². The maximum absolute atomic E-state index is 6.51. The maximum Gasteiger partial charge on any atom is 0.136 e. The highest BCUT2D eigenvalue weighted by atomic mass is 16.3. The normalized spacial score (nSPS) is 11.9. The van der Waals surface area contributed by atoms with Crippen LogP contribution in [0.25, 0.3) is 76.2 Å². The predicted octanol–water partition coefficient (Wildman–Crippen LogP) is 11.8. The molecule has 0 radical (unpaired) electrons. The van der Waals surface area contributed by atoms with Gasteiger partial charge >= 0.3 is 0 Å². The summed E-state index contributed by atoms with van der Waals surface area (Å²) in [6.45, 7) is 2.24. The zero-order valence-electron chi connectivity index (χ0n) is 23.9. The average Bonchev–Trinajstić information content (AvgIpc) is 3.44. The molecule has 0 bridgehead atoms. The lowest BCUT2D eigenvalue weighted by atomic mass is 9.84. The van der Waals surface area contributed by atoms with Crippen molar-refractivity contribution < 1.29 is 4.42 Å². The molecule has 1 nitrogen and oxygen atoms in total. The van der Waals surface area contributed by atoms with Crippen LogP contribution in [0.4, 0.5) is 0 Å². The smallest absolute Gasteiger partial charge is 0.136 e. The molecule has 0 atom stereocenters. The van der Waals surface area contributed by atoms with Crippen LogP contribution in [0.1, 0.15) is 16.7 Å². The van der Waals surface area contributed by atoms with Gasteiger partial charge in [-0.05, 0) is 96.4 Å². The third-order valence-electron chi connectivity index (χ3n) is 9.32. The van der Waals surface area contributed by atoms with Gasteiger partial charge in [0.05, 0.1) is 0 Å². The van der Waals surface area contributed by atoms with E-state index in [-0.39, 0.29) is 0 Å². The monoisotopic (exact) mass is 548 g/mol. The minimum Gasteiger partial charge on any atom is -0.456 e. The first kappa shape index (κ1) is 24.2. The first-order chi connectivity index (χ1) is 21.3. The molecule has 0 aliphatic carbocycles. The van der Waals surface area contributed by atoms with E-state index in [4.69, 9.17) is 4.42 Å². The standard InChI is InChI=1S/C42H28O/c1-26-30-16-4-3-13-28(30)25-39-40(26)41-29(15-11-23-38(41)43-39)24-37-32-18-6-8-20-35(32)42(36-21-9-7-19-33(36)37)34-22-10-14-27-12-2-5-17-31(27)34/h2-23,25H,24H2,1H3. The average molecular weight is 549 g/mol. The van der Waals surface area contributed by atoms with Crippen LogP contribution in [0.3, 0.4) is 0 Å². The second-order valence-corrected chi connectivity index (χ2v) is 11.6. The fraction of sp³-hybridized carbons (Fsp3) is 0.0476. The molecule has 9 aromatic rings. The summed E-state index contributed by atoms with van der Waals surface area (Å²) in [7, 11) is 0. The van der Waals surface area contributed by atoms with E-state index in [0.717, 1.165) is 17.6 Å². The lowest BCUT2D eigenvalue weighted by Crippen LogP contribution is -1.96. The summed E-state index contributed by atoms with van der Waals surface area (Å²) < 4.78 is 6.51. The van der Waals surface area contributed by atoms with Crippen LogP contribution < -0.4 is 0 Å². The summed E-state index contributed by atoms with van der Waals surface area (Å²) in [5.74, 6) is 0. The third-order valence-corrected chi connectivity index (χ3v) is 9.32. The highest BCUT2D eigenvalue weighted by Gasteiger charge is 2.20. The van der Waals surface area contributed by atoms with Crippen molar-refractivity contribution in [1.82, 2.24) is 0 Å². The number of furan rings is 1. The van der Waals surface area contributed by atoms with Crippen LogP contribution in [0.5, 0.6) is 0 Å². The molecule has 202 valence electrons. The largest absolute Gasteiger partial charge is 0.456 e. The molecule has 0 N–H and O–H groups in total. The van der Waals surface area contributed by atoms with Crippen molar-refractivity contribution in [3.05, 3.63) is 156 Å². The molecule has 0 aliphatic heterocycles.